The van der Waals surface area contributed by atoms with Crippen molar-refractivity contribution in [1.29, 1.82) is 0 Å². The number of aryl methyl sites for hydroxylation is 1. The molecule has 178 valence electrons. The molecule has 7 nitrogen and oxygen atoms in total. The zero-order chi connectivity index (χ0) is 24.4. The van der Waals surface area contributed by atoms with Crippen LogP contribution in [0.1, 0.15) is 49.9 Å². The van der Waals surface area contributed by atoms with Gasteiger partial charge in [-0.3, -0.25) is 19.3 Å². The fourth-order valence-corrected chi connectivity index (χ4v) is 4.57. The predicted molar refractivity (Wildman–Crippen MR) is 129 cm³/mol. The average molecular weight is 471 g/mol. The number of aliphatic hydroxyl groups excluding tert-OH is 1. The molecule has 0 saturated heterocycles. The van der Waals surface area contributed by atoms with E-state index in [1.807, 2.05) is 48.5 Å². The highest BCUT2D eigenvalue weighted by atomic mass is 16.5. The van der Waals surface area contributed by atoms with E-state index in [-0.39, 0.29) is 19.0 Å². The first-order valence-electron chi connectivity index (χ1n) is 11.7. The van der Waals surface area contributed by atoms with Gasteiger partial charge < -0.3 is 14.7 Å². The quantitative estimate of drug-likeness (QED) is 0.558. The van der Waals surface area contributed by atoms with Crippen molar-refractivity contribution in [1.82, 2.24) is 9.80 Å². The maximum atomic E-state index is 13.1. The number of ether oxygens (including phenoxy) is 1. The van der Waals surface area contributed by atoms with Crippen LogP contribution in [0.2, 0.25) is 0 Å². The summed E-state index contributed by atoms with van der Waals surface area (Å²) in [4.78, 5) is 41.0. The number of aliphatic hydroxyl groups is 1. The van der Waals surface area contributed by atoms with Gasteiger partial charge in [-0.05, 0) is 48.2 Å². The van der Waals surface area contributed by atoms with Crippen molar-refractivity contribution in [2.24, 2.45) is 0 Å². The Balaban J connectivity index is 1.27. The first-order chi connectivity index (χ1) is 17.0. The van der Waals surface area contributed by atoms with Gasteiger partial charge in [0.2, 0.25) is 5.91 Å². The van der Waals surface area contributed by atoms with Crippen LogP contribution in [0.25, 0.3) is 0 Å². The number of hydrogen-bond acceptors (Lipinski definition) is 5. The summed E-state index contributed by atoms with van der Waals surface area (Å²) in [5.41, 5.74) is 3.36. The lowest BCUT2D eigenvalue weighted by molar-refractivity contribution is -0.132. The monoisotopic (exact) mass is 470 g/mol. The largest absolute Gasteiger partial charge is 0.491 e. The van der Waals surface area contributed by atoms with Crippen LogP contribution in [0, 0.1) is 0 Å². The Morgan fingerprint density at radius 1 is 0.943 bits per heavy atom. The molecule has 7 heteroatoms. The summed E-state index contributed by atoms with van der Waals surface area (Å²) in [6, 6.07) is 22.1. The normalized spacial score (nSPS) is 15.8. The Kier molecular flexibility index (Phi) is 6.33. The first-order valence-corrected chi connectivity index (χ1v) is 11.7. The van der Waals surface area contributed by atoms with E-state index in [1.54, 1.807) is 29.2 Å². The van der Waals surface area contributed by atoms with Gasteiger partial charge in [0.25, 0.3) is 11.8 Å². The first kappa shape index (κ1) is 22.8. The molecule has 0 aliphatic carbocycles. The number of nitrogens with zero attached hydrogens (tertiary/aromatic N) is 2. The SMILES string of the molecule is O=C(CN1C(=O)c2ccccc2C1=O)N1CCOc2ccc(C(O)CCc3ccccc3)cc2C1. The summed E-state index contributed by atoms with van der Waals surface area (Å²) in [6.45, 7) is 0.594. The van der Waals surface area contributed by atoms with Gasteiger partial charge in [-0.2, -0.15) is 0 Å². The molecule has 2 aliphatic heterocycles. The Morgan fingerprint density at radius 2 is 1.63 bits per heavy atom. The molecule has 0 radical (unpaired) electrons. The van der Waals surface area contributed by atoms with Crippen LogP contribution in [0.15, 0.2) is 72.8 Å². The third-order valence-corrected chi connectivity index (χ3v) is 6.52. The number of benzene rings is 3. The summed E-state index contributed by atoms with van der Waals surface area (Å²) in [5.74, 6) is -0.561. The summed E-state index contributed by atoms with van der Waals surface area (Å²) < 4.78 is 5.83. The third kappa shape index (κ3) is 4.68. The number of rotatable bonds is 6. The second-order valence-electron chi connectivity index (χ2n) is 8.81. The van der Waals surface area contributed by atoms with Crippen LogP contribution in [-0.2, 0) is 17.8 Å². The minimum absolute atomic E-state index is 0.274. The smallest absolute Gasteiger partial charge is 0.262 e. The fourth-order valence-electron chi connectivity index (χ4n) is 4.57. The van der Waals surface area contributed by atoms with E-state index in [0.29, 0.717) is 36.4 Å². The number of carbonyl (C=O) groups excluding carboxylic acids is 3. The van der Waals surface area contributed by atoms with E-state index in [0.717, 1.165) is 28.0 Å². The van der Waals surface area contributed by atoms with Gasteiger partial charge in [-0.15, -0.1) is 0 Å². The van der Waals surface area contributed by atoms with Gasteiger partial charge in [0.05, 0.1) is 23.8 Å². The molecule has 3 aromatic rings. The standard InChI is InChI=1S/C28H26N2O5/c31-24(12-10-19-6-2-1-3-7-19)20-11-13-25-21(16-20)17-29(14-15-35-25)26(32)18-30-27(33)22-8-4-5-9-23(22)28(30)34/h1-9,11,13,16,24,31H,10,12,14-15,17-18H2. The Bertz CT molecular complexity index is 1240. The maximum absolute atomic E-state index is 13.1. The minimum atomic E-state index is -0.647. The lowest BCUT2D eigenvalue weighted by Crippen LogP contribution is -2.43. The molecule has 1 atom stereocenters. The van der Waals surface area contributed by atoms with Crippen molar-refractivity contribution in [3.8, 4) is 5.75 Å². The van der Waals surface area contributed by atoms with Gasteiger partial charge >= 0.3 is 0 Å². The molecule has 1 unspecified atom stereocenters. The molecule has 5 rings (SSSR count). The molecule has 0 aromatic heterocycles. The van der Waals surface area contributed by atoms with Crippen LogP contribution >= 0.6 is 0 Å². The van der Waals surface area contributed by atoms with Crippen molar-refractivity contribution < 1.29 is 24.2 Å². The molecule has 0 bridgehead atoms. The number of amides is 3. The van der Waals surface area contributed by atoms with Crippen LogP contribution in [0.4, 0.5) is 0 Å². The van der Waals surface area contributed by atoms with Gasteiger partial charge in [-0.1, -0.05) is 48.5 Å². The molecule has 0 spiro atoms. The number of fused-ring (bicyclic) bond motifs is 2. The number of hydrogen-bond donors (Lipinski definition) is 1. The Labute approximate surface area is 203 Å². The van der Waals surface area contributed by atoms with Gasteiger partial charge in [-0.25, -0.2) is 0 Å². The van der Waals surface area contributed by atoms with Crippen LogP contribution < -0.4 is 4.74 Å². The highest BCUT2D eigenvalue weighted by Crippen LogP contribution is 2.29. The molecule has 3 amide bonds. The summed E-state index contributed by atoms with van der Waals surface area (Å²) >= 11 is 0. The number of carbonyl (C=O) groups is 3. The topological polar surface area (TPSA) is 87.2 Å². The molecule has 3 aromatic carbocycles. The zero-order valence-electron chi connectivity index (χ0n) is 19.2. The van der Waals surface area contributed by atoms with E-state index in [4.69, 9.17) is 4.74 Å². The van der Waals surface area contributed by atoms with E-state index < -0.39 is 17.9 Å². The zero-order valence-corrected chi connectivity index (χ0v) is 19.2. The molecule has 1 N–H and O–H groups in total. The van der Waals surface area contributed by atoms with E-state index in [9.17, 15) is 19.5 Å². The Morgan fingerprint density at radius 3 is 2.34 bits per heavy atom. The second-order valence-corrected chi connectivity index (χ2v) is 8.81. The lowest BCUT2D eigenvalue weighted by Gasteiger charge is -2.23. The van der Waals surface area contributed by atoms with E-state index in [1.165, 1.54) is 0 Å². The summed E-state index contributed by atoms with van der Waals surface area (Å²) in [5, 5.41) is 10.8. The maximum Gasteiger partial charge on any atom is 0.262 e. The minimum Gasteiger partial charge on any atom is -0.491 e. The molecule has 0 saturated carbocycles. The van der Waals surface area contributed by atoms with Gasteiger partial charge in [0.15, 0.2) is 0 Å². The molecular formula is C28H26N2O5. The lowest BCUT2D eigenvalue weighted by atomic mass is 9.99. The predicted octanol–water partition coefficient (Wildman–Crippen LogP) is 3.37. The van der Waals surface area contributed by atoms with Crippen molar-refractivity contribution in [3.05, 3.63) is 101 Å². The molecule has 0 fully saturated rings. The van der Waals surface area contributed by atoms with Crippen molar-refractivity contribution in [3.63, 3.8) is 0 Å². The van der Waals surface area contributed by atoms with Crippen molar-refractivity contribution >= 4 is 17.7 Å². The van der Waals surface area contributed by atoms with E-state index in [2.05, 4.69) is 0 Å². The van der Waals surface area contributed by atoms with E-state index >= 15 is 0 Å². The van der Waals surface area contributed by atoms with Gasteiger partial charge in [0, 0.05) is 12.1 Å². The highest BCUT2D eigenvalue weighted by Gasteiger charge is 2.37. The fraction of sp³-hybridized carbons (Fsp3) is 0.250. The van der Waals surface area contributed by atoms with Crippen molar-refractivity contribution in [2.45, 2.75) is 25.5 Å². The summed E-state index contributed by atoms with van der Waals surface area (Å²) in [6.07, 6.45) is 0.679. The number of imide groups is 1. The van der Waals surface area contributed by atoms with Crippen molar-refractivity contribution in [2.75, 3.05) is 19.7 Å². The molecule has 2 heterocycles. The molecule has 2 aliphatic rings. The van der Waals surface area contributed by atoms with Crippen LogP contribution in [0.5, 0.6) is 5.75 Å². The summed E-state index contributed by atoms with van der Waals surface area (Å²) in [7, 11) is 0. The molecular weight excluding hydrogens is 444 g/mol. The average Bonchev–Trinajstić information content (AvgIpc) is 3.03. The molecule has 35 heavy (non-hydrogen) atoms. The third-order valence-electron chi connectivity index (χ3n) is 6.52. The second kappa shape index (κ2) is 9.72. The van der Waals surface area contributed by atoms with Crippen LogP contribution in [-0.4, -0.2) is 52.3 Å². The highest BCUT2D eigenvalue weighted by molar-refractivity contribution is 6.22. The van der Waals surface area contributed by atoms with Gasteiger partial charge in [0.1, 0.15) is 18.9 Å². The Hall–Kier alpha value is -3.97. The van der Waals surface area contributed by atoms with Crippen LogP contribution in [0.3, 0.4) is 0 Å².